The molecule has 1 unspecified atom stereocenters. The zero-order chi connectivity index (χ0) is 20.1. The summed E-state index contributed by atoms with van der Waals surface area (Å²) in [4.78, 5) is 11.5. The molecule has 4 rings (SSSR count). The van der Waals surface area contributed by atoms with E-state index in [1.54, 1.807) is 6.26 Å². The third-order valence-corrected chi connectivity index (χ3v) is 5.61. The number of likely N-dealkylation sites (tertiary alicyclic amines) is 1. The first-order valence-electron chi connectivity index (χ1n) is 10.4. The molecule has 154 valence electrons. The van der Waals surface area contributed by atoms with Gasteiger partial charge in [0.05, 0.1) is 23.3 Å². The van der Waals surface area contributed by atoms with Crippen molar-refractivity contribution in [1.82, 2.24) is 25.1 Å². The predicted octanol–water partition coefficient (Wildman–Crippen LogP) is 2.94. The maximum Gasteiger partial charge on any atom is 0.191 e. The van der Waals surface area contributed by atoms with Crippen LogP contribution < -0.4 is 10.6 Å². The van der Waals surface area contributed by atoms with Crippen molar-refractivity contribution >= 4 is 17.0 Å². The molecule has 2 N–H and O–H groups in total. The molecule has 1 aliphatic rings. The Morgan fingerprint density at radius 2 is 2.00 bits per heavy atom. The number of hydrogen-bond donors (Lipinski definition) is 2. The Kier molecular flexibility index (Phi) is 6.14. The summed E-state index contributed by atoms with van der Waals surface area (Å²) >= 11 is 0. The van der Waals surface area contributed by atoms with Gasteiger partial charge in [-0.15, -0.1) is 0 Å². The summed E-state index contributed by atoms with van der Waals surface area (Å²) in [6.45, 7) is 6.66. The second-order valence-electron chi connectivity index (χ2n) is 7.45. The molecule has 0 aliphatic carbocycles. The number of hydrogen-bond acceptors (Lipinski definition) is 4. The normalized spacial score (nSPS) is 16.4. The molecule has 7 heteroatoms. The van der Waals surface area contributed by atoms with E-state index in [0.717, 1.165) is 55.8 Å². The fourth-order valence-corrected chi connectivity index (χ4v) is 4.12. The summed E-state index contributed by atoms with van der Waals surface area (Å²) in [6, 6.07) is 12.5. The van der Waals surface area contributed by atoms with E-state index in [0.29, 0.717) is 0 Å². The van der Waals surface area contributed by atoms with Gasteiger partial charge in [0.15, 0.2) is 5.96 Å². The van der Waals surface area contributed by atoms with Gasteiger partial charge in [-0.05, 0) is 57.1 Å². The van der Waals surface area contributed by atoms with Gasteiger partial charge in [-0.25, -0.2) is 4.98 Å². The molecule has 1 fully saturated rings. The number of benzene rings is 1. The Bertz CT molecular complexity index is 940. The maximum atomic E-state index is 5.71. The van der Waals surface area contributed by atoms with Crippen molar-refractivity contribution in [1.29, 1.82) is 0 Å². The molecule has 1 aromatic carbocycles. The fourth-order valence-electron chi connectivity index (χ4n) is 4.12. The van der Waals surface area contributed by atoms with E-state index in [-0.39, 0.29) is 6.04 Å². The van der Waals surface area contributed by atoms with Gasteiger partial charge in [-0.3, -0.25) is 9.89 Å². The van der Waals surface area contributed by atoms with Crippen LogP contribution >= 0.6 is 0 Å². The molecule has 29 heavy (non-hydrogen) atoms. The second-order valence-corrected chi connectivity index (χ2v) is 7.45. The summed E-state index contributed by atoms with van der Waals surface area (Å²) in [5, 5.41) is 6.91. The lowest BCUT2D eigenvalue weighted by Crippen LogP contribution is -2.43. The van der Waals surface area contributed by atoms with Crippen LogP contribution in [0.15, 0.2) is 52.1 Å². The summed E-state index contributed by atoms with van der Waals surface area (Å²) in [7, 11) is 1.81. The van der Waals surface area contributed by atoms with E-state index in [4.69, 9.17) is 4.42 Å². The first kappa shape index (κ1) is 19.5. The molecule has 0 amide bonds. The average Bonchev–Trinajstić information content (AvgIpc) is 3.49. The van der Waals surface area contributed by atoms with E-state index in [1.807, 2.05) is 19.2 Å². The number of nitrogens with one attached hydrogen (secondary N) is 2. The molecule has 1 aliphatic heterocycles. The van der Waals surface area contributed by atoms with Crippen molar-refractivity contribution in [2.45, 2.75) is 32.4 Å². The molecule has 1 atom stereocenters. The number of aliphatic imine (C=N–C) groups is 1. The van der Waals surface area contributed by atoms with E-state index in [9.17, 15) is 0 Å². The summed E-state index contributed by atoms with van der Waals surface area (Å²) in [5.41, 5.74) is 2.21. The van der Waals surface area contributed by atoms with Crippen molar-refractivity contribution in [3.05, 3.63) is 54.2 Å². The fraction of sp³-hybridized carbons (Fsp3) is 0.455. The molecule has 7 nitrogen and oxygen atoms in total. The van der Waals surface area contributed by atoms with E-state index >= 15 is 0 Å². The summed E-state index contributed by atoms with van der Waals surface area (Å²) in [6.07, 6.45) is 4.26. The van der Waals surface area contributed by atoms with Gasteiger partial charge in [0.1, 0.15) is 11.6 Å². The smallest absolute Gasteiger partial charge is 0.191 e. The zero-order valence-electron chi connectivity index (χ0n) is 17.3. The zero-order valence-corrected chi connectivity index (χ0v) is 17.3. The van der Waals surface area contributed by atoms with Crippen LogP contribution in [-0.4, -0.2) is 53.6 Å². The molecule has 1 saturated heterocycles. The lowest BCUT2D eigenvalue weighted by atomic mass is 10.2. The molecule has 0 bridgehead atoms. The third kappa shape index (κ3) is 4.45. The number of aromatic nitrogens is 2. The van der Waals surface area contributed by atoms with Crippen LogP contribution in [0.1, 0.15) is 30.5 Å². The minimum atomic E-state index is 0.228. The molecule has 0 radical (unpaired) electrons. The van der Waals surface area contributed by atoms with Gasteiger partial charge in [-0.1, -0.05) is 12.1 Å². The van der Waals surface area contributed by atoms with Crippen LogP contribution in [0.4, 0.5) is 0 Å². The Balaban J connectivity index is 1.34. The molecular weight excluding hydrogens is 364 g/mol. The van der Waals surface area contributed by atoms with Crippen LogP contribution in [0.25, 0.3) is 11.0 Å². The van der Waals surface area contributed by atoms with Crippen LogP contribution in [0.5, 0.6) is 0 Å². The first-order chi connectivity index (χ1) is 14.3. The van der Waals surface area contributed by atoms with Crippen molar-refractivity contribution in [3.63, 3.8) is 0 Å². The quantitative estimate of drug-likeness (QED) is 0.476. The Labute approximate surface area is 171 Å². The van der Waals surface area contributed by atoms with Gasteiger partial charge in [0, 0.05) is 26.7 Å². The molecule has 3 heterocycles. The predicted molar refractivity (Wildman–Crippen MR) is 116 cm³/mol. The van der Waals surface area contributed by atoms with Gasteiger partial charge in [0.2, 0.25) is 0 Å². The lowest BCUT2D eigenvalue weighted by Gasteiger charge is -2.26. The number of rotatable bonds is 7. The van der Waals surface area contributed by atoms with Crippen LogP contribution in [0.3, 0.4) is 0 Å². The second kappa shape index (κ2) is 9.13. The summed E-state index contributed by atoms with van der Waals surface area (Å²) in [5.74, 6) is 2.85. The number of furan rings is 1. The Hall–Kier alpha value is -2.80. The van der Waals surface area contributed by atoms with E-state index < -0.39 is 0 Å². The minimum absolute atomic E-state index is 0.228. The highest BCUT2D eigenvalue weighted by atomic mass is 16.3. The van der Waals surface area contributed by atoms with Gasteiger partial charge < -0.3 is 19.6 Å². The number of imidazole rings is 1. The number of guanidine groups is 1. The highest BCUT2D eigenvalue weighted by molar-refractivity contribution is 5.79. The Morgan fingerprint density at radius 1 is 1.17 bits per heavy atom. The molecule has 0 saturated carbocycles. The van der Waals surface area contributed by atoms with Gasteiger partial charge in [0.25, 0.3) is 0 Å². The largest absolute Gasteiger partial charge is 0.468 e. The van der Waals surface area contributed by atoms with E-state index in [1.165, 1.54) is 18.4 Å². The number of nitrogens with zero attached hydrogens (tertiary/aromatic N) is 4. The third-order valence-electron chi connectivity index (χ3n) is 5.61. The number of aryl methyl sites for hydroxylation is 1. The minimum Gasteiger partial charge on any atom is -0.468 e. The van der Waals surface area contributed by atoms with Crippen molar-refractivity contribution in [2.24, 2.45) is 4.99 Å². The Morgan fingerprint density at radius 3 is 2.76 bits per heavy atom. The van der Waals surface area contributed by atoms with Crippen LogP contribution in [0, 0.1) is 6.92 Å². The highest BCUT2D eigenvalue weighted by Gasteiger charge is 2.25. The SMILES string of the molecule is CN=C(NCCn1c(C)nc2ccccc21)NCC(c1ccco1)N1CCCC1. The molecular formula is C22H30N6O. The van der Waals surface area contributed by atoms with Gasteiger partial charge in [-0.2, -0.15) is 0 Å². The molecule has 0 spiro atoms. The first-order valence-corrected chi connectivity index (χ1v) is 10.4. The maximum absolute atomic E-state index is 5.71. The highest BCUT2D eigenvalue weighted by Crippen LogP contribution is 2.24. The van der Waals surface area contributed by atoms with E-state index in [2.05, 4.69) is 61.3 Å². The molecule has 2 aromatic heterocycles. The monoisotopic (exact) mass is 394 g/mol. The van der Waals surface area contributed by atoms with Crippen molar-refractivity contribution in [2.75, 3.05) is 33.2 Å². The van der Waals surface area contributed by atoms with Crippen LogP contribution in [0.2, 0.25) is 0 Å². The van der Waals surface area contributed by atoms with Gasteiger partial charge >= 0.3 is 0 Å². The number of fused-ring (bicyclic) bond motifs is 1. The van der Waals surface area contributed by atoms with Crippen molar-refractivity contribution in [3.8, 4) is 0 Å². The number of para-hydroxylation sites is 2. The topological polar surface area (TPSA) is 70.6 Å². The average molecular weight is 395 g/mol. The molecule has 3 aromatic rings. The summed E-state index contributed by atoms with van der Waals surface area (Å²) < 4.78 is 7.95. The standard InChI is InChI=1S/C22H30N6O/c1-17-26-18-8-3-4-9-19(18)28(17)14-11-24-22(23-2)25-16-20(21-10-7-15-29-21)27-12-5-6-13-27/h3-4,7-10,15,20H,5-6,11-14,16H2,1-2H3,(H2,23,24,25). The lowest BCUT2D eigenvalue weighted by molar-refractivity contribution is 0.215. The van der Waals surface area contributed by atoms with Crippen LogP contribution in [-0.2, 0) is 6.54 Å². The van der Waals surface area contributed by atoms with Crippen molar-refractivity contribution < 1.29 is 4.42 Å².